The molecule has 11 nitrogen and oxygen atoms in total. The van der Waals surface area contributed by atoms with Crippen LogP contribution in [0.2, 0.25) is 0 Å². The summed E-state index contributed by atoms with van der Waals surface area (Å²) in [6.45, 7) is 1.95. The van der Waals surface area contributed by atoms with Crippen molar-refractivity contribution in [1.82, 2.24) is 10.6 Å². The zero-order valence-corrected chi connectivity index (χ0v) is 21.0. The second-order valence-corrected chi connectivity index (χ2v) is 9.72. The number of hydrogen-bond donors (Lipinski definition) is 7. The van der Waals surface area contributed by atoms with E-state index in [0.29, 0.717) is 36.1 Å². The first kappa shape index (κ1) is 28.3. The standard InChI is InChI=1S/C26H36N4O7/c1-26-13-15(7-9-20(26)32)14-6-8-19(31)16(11-14)12-17(28)23(34)29-18(5-3-4-10-27)24(35)30-21(22(26)33)25(36)37-2/h6-9,11,13,17-18,20-22,31-33H,3-5,10,12,27-28H2,1-2H3,(H,29,34)(H,30,35)/t17-,18-,20?,21-,22-,26?/m0/s1. The van der Waals surface area contributed by atoms with Gasteiger partial charge in [-0.05, 0) is 54.6 Å². The maximum absolute atomic E-state index is 13.3. The number of hydrogen-bond acceptors (Lipinski definition) is 9. The molecule has 0 spiro atoms. The van der Waals surface area contributed by atoms with Gasteiger partial charge in [-0.25, -0.2) is 4.79 Å². The van der Waals surface area contributed by atoms with Crippen LogP contribution in [-0.2, 0) is 25.5 Å². The summed E-state index contributed by atoms with van der Waals surface area (Å²) in [5.74, 6) is -2.32. The molecule has 6 atom stereocenters. The van der Waals surface area contributed by atoms with Crippen LogP contribution in [0.4, 0.5) is 0 Å². The fourth-order valence-electron chi connectivity index (χ4n) is 4.62. The molecule has 1 aliphatic carbocycles. The van der Waals surface area contributed by atoms with E-state index in [1.165, 1.54) is 12.1 Å². The smallest absolute Gasteiger partial charge is 0.331 e. The van der Waals surface area contributed by atoms with Crippen molar-refractivity contribution in [2.24, 2.45) is 16.9 Å². The van der Waals surface area contributed by atoms with E-state index < -0.39 is 53.5 Å². The van der Waals surface area contributed by atoms with E-state index in [4.69, 9.17) is 16.2 Å². The number of carbonyl (C=O) groups is 3. The number of rotatable bonds is 5. The Morgan fingerprint density at radius 3 is 2.59 bits per heavy atom. The number of methoxy groups -OCH3 is 1. The molecule has 1 aromatic carbocycles. The minimum Gasteiger partial charge on any atom is -0.508 e. The molecular weight excluding hydrogens is 480 g/mol. The molecule has 4 bridgehead atoms. The summed E-state index contributed by atoms with van der Waals surface area (Å²) in [4.78, 5) is 39.0. The molecule has 2 amide bonds. The van der Waals surface area contributed by atoms with Crippen LogP contribution in [0.1, 0.15) is 37.3 Å². The molecule has 1 aliphatic heterocycles. The molecular formula is C26H36N4O7. The molecule has 37 heavy (non-hydrogen) atoms. The van der Waals surface area contributed by atoms with Crippen LogP contribution in [-0.4, -0.2) is 77.1 Å². The third-order valence-corrected chi connectivity index (χ3v) is 7.04. The monoisotopic (exact) mass is 516 g/mol. The van der Waals surface area contributed by atoms with E-state index in [-0.39, 0.29) is 18.6 Å². The van der Waals surface area contributed by atoms with E-state index in [0.717, 1.165) is 7.11 Å². The topological polar surface area (TPSA) is 197 Å². The Bertz CT molecular complexity index is 1090. The predicted octanol–water partition coefficient (Wildman–Crippen LogP) is -0.771. The predicted molar refractivity (Wildman–Crippen MR) is 136 cm³/mol. The van der Waals surface area contributed by atoms with Gasteiger partial charge in [-0.2, -0.15) is 0 Å². The highest BCUT2D eigenvalue weighted by atomic mass is 16.5. The third kappa shape index (κ3) is 6.19. The van der Waals surface area contributed by atoms with Crippen molar-refractivity contribution in [1.29, 1.82) is 0 Å². The highest BCUT2D eigenvalue weighted by molar-refractivity contribution is 5.92. The molecule has 1 aromatic rings. The molecule has 0 aromatic heterocycles. The van der Waals surface area contributed by atoms with Gasteiger partial charge in [0.05, 0.1) is 25.4 Å². The fraction of sp³-hybridized carbons (Fsp3) is 0.500. The van der Waals surface area contributed by atoms with E-state index in [1.807, 2.05) is 0 Å². The Kier molecular flexibility index (Phi) is 9.08. The first-order valence-electron chi connectivity index (χ1n) is 12.3. The van der Waals surface area contributed by atoms with E-state index in [9.17, 15) is 29.7 Å². The van der Waals surface area contributed by atoms with Crippen LogP contribution in [0, 0.1) is 5.41 Å². The molecule has 0 fully saturated rings. The lowest BCUT2D eigenvalue weighted by atomic mass is 9.71. The minimum atomic E-state index is -1.61. The number of ether oxygens (including phenoxy) is 1. The molecule has 2 unspecified atom stereocenters. The maximum Gasteiger partial charge on any atom is 0.331 e. The van der Waals surface area contributed by atoms with Crippen molar-refractivity contribution in [3.63, 3.8) is 0 Å². The number of amides is 2. The van der Waals surface area contributed by atoms with Crippen LogP contribution in [0.15, 0.2) is 36.4 Å². The maximum atomic E-state index is 13.3. The first-order valence-corrected chi connectivity index (χ1v) is 12.3. The van der Waals surface area contributed by atoms with Gasteiger partial charge in [0.2, 0.25) is 11.8 Å². The van der Waals surface area contributed by atoms with Gasteiger partial charge in [-0.15, -0.1) is 0 Å². The van der Waals surface area contributed by atoms with Crippen LogP contribution >= 0.6 is 0 Å². The normalized spacial score (nSPS) is 30.3. The molecule has 202 valence electrons. The Morgan fingerprint density at radius 2 is 1.92 bits per heavy atom. The van der Waals surface area contributed by atoms with Gasteiger partial charge in [-0.3, -0.25) is 9.59 Å². The second-order valence-electron chi connectivity index (χ2n) is 9.72. The van der Waals surface area contributed by atoms with Crippen molar-refractivity contribution >= 4 is 23.4 Å². The molecule has 1 heterocycles. The average Bonchev–Trinajstić information content (AvgIpc) is 2.88. The number of benzene rings is 1. The van der Waals surface area contributed by atoms with Crippen molar-refractivity contribution in [3.8, 4) is 5.75 Å². The number of aliphatic hydroxyl groups is 2. The van der Waals surface area contributed by atoms with Crippen LogP contribution < -0.4 is 22.1 Å². The number of phenols is 1. The molecule has 11 heteroatoms. The Morgan fingerprint density at radius 1 is 1.19 bits per heavy atom. The largest absolute Gasteiger partial charge is 0.508 e. The van der Waals surface area contributed by atoms with E-state index >= 15 is 0 Å². The average molecular weight is 517 g/mol. The Hall–Kier alpha value is -3.25. The number of nitrogens with one attached hydrogen (secondary N) is 2. The number of aliphatic hydroxyl groups excluding tert-OH is 2. The molecule has 0 radical (unpaired) electrons. The number of nitrogens with two attached hydrogens (primary N) is 2. The van der Waals surface area contributed by atoms with Crippen molar-refractivity contribution in [2.45, 2.75) is 62.9 Å². The summed E-state index contributed by atoms with van der Waals surface area (Å²) < 4.78 is 4.85. The Balaban J connectivity index is 2.13. The number of carbonyl (C=O) groups excluding carboxylic acids is 3. The fourth-order valence-corrected chi connectivity index (χ4v) is 4.62. The minimum absolute atomic E-state index is 0.00700. The zero-order chi connectivity index (χ0) is 27.3. The van der Waals surface area contributed by atoms with Gasteiger partial charge < -0.3 is 42.2 Å². The highest BCUT2D eigenvalue weighted by Gasteiger charge is 2.47. The lowest BCUT2D eigenvalue weighted by molar-refractivity contribution is -0.152. The van der Waals surface area contributed by atoms with Gasteiger partial charge in [0, 0.05) is 11.8 Å². The summed E-state index contributed by atoms with van der Waals surface area (Å²) in [7, 11) is 1.12. The lowest BCUT2D eigenvalue weighted by Gasteiger charge is -2.40. The van der Waals surface area contributed by atoms with E-state index in [1.54, 1.807) is 31.2 Å². The van der Waals surface area contributed by atoms with Gasteiger partial charge >= 0.3 is 5.97 Å². The van der Waals surface area contributed by atoms with Gasteiger partial charge in [0.15, 0.2) is 6.04 Å². The number of aromatic hydroxyl groups is 1. The van der Waals surface area contributed by atoms with Crippen molar-refractivity contribution in [3.05, 3.63) is 47.6 Å². The molecule has 3 rings (SSSR count). The first-order chi connectivity index (χ1) is 17.5. The number of unbranched alkanes of at least 4 members (excludes halogenated alkanes) is 1. The number of esters is 1. The molecule has 0 saturated heterocycles. The van der Waals surface area contributed by atoms with Gasteiger partial charge in [-0.1, -0.05) is 31.2 Å². The zero-order valence-electron chi connectivity index (χ0n) is 21.0. The number of fused-ring (bicyclic) bond motifs is 4. The quantitative estimate of drug-likeness (QED) is 0.194. The van der Waals surface area contributed by atoms with Crippen molar-refractivity contribution in [2.75, 3.05) is 13.7 Å². The summed E-state index contributed by atoms with van der Waals surface area (Å²) in [6.07, 6.45) is 3.24. The van der Waals surface area contributed by atoms with E-state index in [2.05, 4.69) is 10.6 Å². The SMILES string of the molecule is COC(=O)[C@H]1NC(=O)[C@H](CCCCN)NC(=O)[C@@H](N)Cc2cc(ccc2O)C2=CC(C)(C(O)C=C2)[C@H]1O. The summed E-state index contributed by atoms with van der Waals surface area (Å²) in [6, 6.07) is 1.08. The van der Waals surface area contributed by atoms with Crippen LogP contribution in [0.25, 0.3) is 5.57 Å². The van der Waals surface area contributed by atoms with Crippen LogP contribution in [0.5, 0.6) is 5.75 Å². The van der Waals surface area contributed by atoms with Gasteiger partial charge in [0.25, 0.3) is 0 Å². The van der Waals surface area contributed by atoms with Gasteiger partial charge in [0.1, 0.15) is 11.8 Å². The molecule has 2 aliphatic rings. The third-order valence-electron chi connectivity index (χ3n) is 7.04. The summed E-state index contributed by atoms with van der Waals surface area (Å²) >= 11 is 0. The molecule has 9 N–H and O–H groups in total. The summed E-state index contributed by atoms with van der Waals surface area (Å²) in [5, 5.41) is 37.8. The van der Waals surface area contributed by atoms with Crippen LogP contribution in [0.3, 0.4) is 0 Å². The summed E-state index contributed by atoms with van der Waals surface area (Å²) in [5.41, 5.74) is 11.9. The molecule has 0 saturated carbocycles. The number of allylic oxidation sites excluding steroid dienone is 2. The Labute approximate surface area is 215 Å². The van der Waals surface area contributed by atoms with Crippen molar-refractivity contribution < 1.29 is 34.4 Å². The highest BCUT2D eigenvalue weighted by Crippen LogP contribution is 2.39. The second kappa shape index (κ2) is 11.9. The lowest BCUT2D eigenvalue weighted by Crippen LogP contribution is -2.61. The number of phenolic OH excluding ortho intramolecular Hbond substituents is 1.